The number of thioether (sulfide) groups is 1. The van der Waals surface area contributed by atoms with Crippen molar-refractivity contribution in [3.63, 3.8) is 0 Å². The molecule has 0 radical (unpaired) electrons. The summed E-state index contributed by atoms with van der Waals surface area (Å²) in [4.78, 5) is 15.0. The molecule has 0 spiro atoms. The molecule has 1 saturated heterocycles. The van der Waals surface area contributed by atoms with Crippen LogP contribution in [-0.2, 0) is 4.79 Å². The summed E-state index contributed by atoms with van der Waals surface area (Å²) in [5, 5.41) is 12.7. The quantitative estimate of drug-likeness (QED) is 0.479. The van der Waals surface area contributed by atoms with Crippen molar-refractivity contribution in [3.05, 3.63) is 59.9 Å². The summed E-state index contributed by atoms with van der Waals surface area (Å²) in [5.74, 6) is 1.87. The maximum Gasteiger partial charge on any atom is 0.234 e. The van der Waals surface area contributed by atoms with E-state index in [1.54, 1.807) is 7.11 Å². The molecular weight excluding hydrogens is 434 g/mol. The molecule has 1 amide bonds. The van der Waals surface area contributed by atoms with Gasteiger partial charge in [0.2, 0.25) is 5.91 Å². The molecule has 4 rings (SSSR count). The van der Waals surface area contributed by atoms with Gasteiger partial charge in [0.25, 0.3) is 0 Å². The van der Waals surface area contributed by atoms with E-state index in [4.69, 9.17) is 4.74 Å². The normalized spacial score (nSPS) is 15.2. The number of hydrogen-bond acceptors (Lipinski definition) is 6. The zero-order chi connectivity index (χ0) is 23.2. The Morgan fingerprint density at radius 1 is 1.06 bits per heavy atom. The first-order valence-electron chi connectivity index (χ1n) is 11.4. The third kappa shape index (κ3) is 5.75. The number of likely N-dealkylation sites (tertiary alicyclic amines) is 1. The molecule has 1 unspecified atom stereocenters. The van der Waals surface area contributed by atoms with Gasteiger partial charge in [-0.05, 0) is 76.2 Å². The van der Waals surface area contributed by atoms with Gasteiger partial charge in [0, 0.05) is 11.4 Å². The molecule has 8 heteroatoms. The molecule has 2 aromatic carbocycles. The van der Waals surface area contributed by atoms with E-state index in [1.807, 2.05) is 55.5 Å². The summed E-state index contributed by atoms with van der Waals surface area (Å²) in [6.07, 6.45) is 3.70. The largest absolute Gasteiger partial charge is 0.497 e. The Kier molecular flexibility index (Phi) is 7.67. The van der Waals surface area contributed by atoms with Crippen LogP contribution in [0.1, 0.15) is 43.6 Å². The van der Waals surface area contributed by atoms with Crippen molar-refractivity contribution in [2.45, 2.75) is 44.3 Å². The molecule has 174 valence electrons. The van der Waals surface area contributed by atoms with Crippen LogP contribution in [-0.4, -0.2) is 51.5 Å². The van der Waals surface area contributed by atoms with Gasteiger partial charge in [0.05, 0.1) is 18.9 Å². The average molecular weight is 466 g/mol. The van der Waals surface area contributed by atoms with Crippen LogP contribution >= 0.6 is 11.8 Å². The number of nitrogens with one attached hydrogen (secondary N) is 1. The Bertz CT molecular complexity index is 1060. The van der Waals surface area contributed by atoms with E-state index < -0.39 is 0 Å². The number of methoxy groups -OCH3 is 1. The number of anilines is 1. The molecular formula is C25H31N5O2S. The standard InChI is InChI=1S/C25H31N5O2S/c1-18-7-9-20(10-8-18)26-23(31)17-33-25-28-27-24(19(2)29-15-5-4-6-16-29)30(25)21-11-13-22(32-3)14-12-21/h7-14,19H,4-6,15-17H2,1-3H3,(H,26,31). The highest BCUT2D eigenvalue weighted by Gasteiger charge is 2.25. The minimum absolute atomic E-state index is 0.0706. The first kappa shape index (κ1) is 23.3. The van der Waals surface area contributed by atoms with E-state index in [-0.39, 0.29) is 17.7 Å². The SMILES string of the molecule is COc1ccc(-n2c(SCC(=O)Nc3ccc(C)cc3)nnc2C(C)N2CCCCC2)cc1. The van der Waals surface area contributed by atoms with Crippen molar-refractivity contribution in [2.24, 2.45) is 0 Å². The van der Waals surface area contributed by atoms with E-state index in [1.165, 1.54) is 31.0 Å². The van der Waals surface area contributed by atoms with Gasteiger partial charge in [-0.1, -0.05) is 35.9 Å². The van der Waals surface area contributed by atoms with Crippen LogP contribution < -0.4 is 10.1 Å². The second-order valence-electron chi connectivity index (χ2n) is 8.35. The molecule has 1 atom stereocenters. The fraction of sp³-hybridized carbons (Fsp3) is 0.400. The number of piperidine rings is 1. The molecule has 3 aromatic rings. The van der Waals surface area contributed by atoms with Crippen LogP contribution in [0.5, 0.6) is 5.75 Å². The Morgan fingerprint density at radius 2 is 1.76 bits per heavy atom. The molecule has 0 aliphatic carbocycles. The second-order valence-corrected chi connectivity index (χ2v) is 9.29. The number of nitrogens with zero attached hydrogens (tertiary/aromatic N) is 4. The number of aromatic nitrogens is 3. The van der Waals surface area contributed by atoms with Crippen molar-refractivity contribution in [2.75, 3.05) is 31.3 Å². The van der Waals surface area contributed by atoms with Gasteiger partial charge in [-0.25, -0.2) is 0 Å². The van der Waals surface area contributed by atoms with Crippen LogP contribution in [0.4, 0.5) is 5.69 Å². The van der Waals surface area contributed by atoms with Crippen molar-refractivity contribution in [3.8, 4) is 11.4 Å². The van der Waals surface area contributed by atoms with Crippen LogP contribution in [0.25, 0.3) is 5.69 Å². The average Bonchev–Trinajstić information content (AvgIpc) is 3.28. The van der Waals surface area contributed by atoms with E-state index in [0.29, 0.717) is 5.16 Å². The van der Waals surface area contributed by atoms with E-state index >= 15 is 0 Å². The number of ether oxygens (including phenoxy) is 1. The lowest BCUT2D eigenvalue weighted by atomic mass is 10.1. The molecule has 1 aliphatic rings. The summed E-state index contributed by atoms with van der Waals surface area (Å²) >= 11 is 1.39. The van der Waals surface area contributed by atoms with Crippen LogP contribution in [0.3, 0.4) is 0 Å². The highest BCUT2D eigenvalue weighted by Crippen LogP contribution is 2.30. The van der Waals surface area contributed by atoms with Crippen molar-refractivity contribution in [1.29, 1.82) is 0 Å². The highest BCUT2D eigenvalue weighted by atomic mass is 32.2. The lowest BCUT2D eigenvalue weighted by molar-refractivity contribution is -0.113. The van der Waals surface area contributed by atoms with Crippen molar-refractivity contribution in [1.82, 2.24) is 19.7 Å². The molecule has 2 heterocycles. The Hall–Kier alpha value is -2.84. The second kappa shape index (κ2) is 10.9. The lowest BCUT2D eigenvalue weighted by Crippen LogP contribution is -2.33. The van der Waals surface area contributed by atoms with E-state index in [0.717, 1.165) is 41.6 Å². The van der Waals surface area contributed by atoms with Gasteiger partial charge in [-0.15, -0.1) is 10.2 Å². The minimum atomic E-state index is -0.0706. The molecule has 0 bridgehead atoms. The molecule has 33 heavy (non-hydrogen) atoms. The Balaban J connectivity index is 1.55. The zero-order valence-corrected chi connectivity index (χ0v) is 20.3. The van der Waals surface area contributed by atoms with Crippen LogP contribution in [0, 0.1) is 6.92 Å². The zero-order valence-electron chi connectivity index (χ0n) is 19.5. The maximum atomic E-state index is 12.6. The first-order chi connectivity index (χ1) is 16.0. The number of rotatable bonds is 8. The summed E-state index contributed by atoms with van der Waals surface area (Å²) in [6.45, 7) is 6.35. The predicted molar refractivity (Wildman–Crippen MR) is 132 cm³/mol. The third-order valence-electron chi connectivity index (χ3n) is 5.97. The summed E-state index contributed by atoms with van der Waals surface area (Å²) in [6, 6.07) is 15.8. The highest BCUT2D eigenvalue weighted by molar-refractivity contribution is 7.99. The number of amides is 1. The predicted octanol–water partition coefficient (Wildman–Crippen LogP) is 4.86. The fourth-order valence-electron chi connectivity index (χ4n) is 4.05. The Morgan fingerprint density at radius 3 is 2.42 bits per heavy atom. The molecule has 1 aromatic heterocycles. The molecule has 1 aliphatic heterocycles. The van der Waals surface area contributed by atoms with Crippen molar-refractivity contribution >= 4 is 23.4 Å². The number of carbonyl (C=O) groups excluding carboxylic acids is 1. The fourth-order valence-corrected chi connectivity index (χ4v) is 4.81. The smallest absolute Gasteiger partial charge is 0.234 e. The Labute approximate surface area is 199 Å². The number of benzene rings is 2. The first-order valence-corrected chi connectivity index (χ1v) is 12.4. The van der Waals surface area contributed by atoms with Gasteiger partial charge in [0.1, 0.15) is 5.75 Å². The summed E-state index contributed by atoms with van der Waals surface area (Å²) in [5.41, 5.74) is 2.91. The van der Waals surface area contributed by atoms with E-state index in [2.05, 4.69) is 31.9 Å². The van der Waals surface area contributed by atoms with Crippen molar-refractivity contribution < 1.29 is 9.53 Å². The van der Waals surface area contributed by atoms with Crippen LogP contribution in [0.2, 0.25) is 0 Å². The number of hydrogen-bond donors (Lipinski definition) is 1. The van der Waals surface area contributed by atoms with Crippen LogP contribution in [0.15, 0.2) is 53.7 Å². The maximum absolute atomic E-state index is 12.6. The summed E-state index contributed by atoms with van der Waals surface area (Å²) < 4.78 is 7.40. The monoisotopic (exact) mass is 465 g/mol. The van der Waals surface area contributed by atoms with Gasteiger partial charge in [0.15, 0.2) is 11.0 Å². The molecule has 7 nitrogen and oxygen atoms in total. The van der Waals surface area contributed by atoms with Gasteiger partial charge in [-0.2, -0.15) is 0 Å². The topological polar surface area (TPSA) is 72.3 Å². The van der Waals surface area contributed by atoms with Gasteiger partial charge >= 0.3 is 0 Å². The number of aryl methyl sites for hydroxylation is 1. The van der Waals surface area contributed by atoms with Gasteiger partial charge < -0.3 is 10.1 Å². The molecule has 1 fully saturated rings. The number of carbonyl (C=O) groups is 1. The summed E-state index contributed by atoms with van der Waals surface area (Å²) in [7, 11) is 1.66. The minimum Gasteiger partial charge on any atom is -0.497 e. The third-order valence-corrected chi connectivity index (χ3v) is 6.90. The van der Waals surface area contributed by atoms with Gasteiger partial charge in [-0.3, -0.25) is 14.3 Å². The lowest BCUT2D eigenvalue weighted by Gasteiger charge is -2.31. The van der Waals surface area contributed by atoms with E-state index in [9.17, 15) is 4.79 Å². The molecule has 0 saturated carbocycles. The molecule has 1 N–H and O–H groups in total.